The fourth-order valence-corrected chi connectivity index (χ4v) is 0.786. The van der Waals surface area contributed by atoms with Crippen LogP contribution in [0.4, 0.5) is 0 Å². The number of hydrogen-bond acceptors (Lipinski definition) is 0. The molecule has 0 aromatic heterocycles. The molecule has 0 radical (unpaired) electrons. The Morgan fingerprint density at radius 2 is 1.80 bits per heavy atom. The van der Waals surface area contributed by atoms with Crippen LogP contribution in [0.25, 0.3) is 0 Å². The van der Waals surface area contributed by atoms with Gasteiger partial charge in [-0.1, -0.05) is 25.0 Å². The van der Waals surface area contributed by atoms with E-state index in [1.54, 1.807) is 0 Å². The van der Waals surface area contributed by atoms with Crippen molar-refractivity contribution in [3.05, 3.63) is 24.3 Å². The predicted molar refractivity (Wildman–Crippen MR) is 41.3 cm³/mol. The van der Waals surface area contributed by atoms with Crippen molar-refractivity contribution >= 4 is 9.58 Å². The van der Waals surface area contributed by atoms with Gasteiger partial charge in [0.2, 0.25) is 0 Å². The van der Waals surface area contributed by atoms with Gasteiger partial charge in [0, 0.05) is 0 Å². The molecule has 0 unspecified atom stereocenters. The molecule has 0 fully saturated rings. The van der Waals surface area contributed by atoms with E-state index in [4.69, 9.17) is 0 Å². The topological polar surface area (TPSA) is 0 Å². The van der Waals surface area contributed by atoms with E-state index in [0.717, 1.165) is 6.42 Å². The Bertz CT molecular complexity index is 81.8. The Hall–Kier alpha value is 0.419. The molecule has 0 saturated heterocycles. The molecule has 2 heteroatoms. The van der Waals surface area contributed by atoms with Crippen LogP contribution >= 0.6 is 9.58 Å². The van der Waals surface area contributed by atoms with Gasteiger partial charge in [-0.15, -0.1) is 0 Å². The monoisotopic (exact) mass is 335 g/mol. The summed E-state index contributed by atoms with van der Waals surface area (Å²) in [5.41, 5.74) is 0. The Labute approximate surface area is 77.5 Å². The molecular weight excluding hydrogens is 324 g/mol. The molecule has 0 N–H and O–H groups in total. The van der Waals surface area contributed by atoms with E-state index >= 15 is 0 Å². The van der Waals surface area contributed by atoms with Crippen molar-refractivity contribution < 1.29 is 17.9 Å². The van der Waals surface area contributed by atoms with Crippen LogP contribution < -0.4 is 0 Å². The quantitative estimate of drug-likeness (QED) is 0.471. The Morgan fingerprint density at radius 1 is 1.10 bits per heavy atom. The zero-order valence-electron chi connectivity index (χ0n) is 5.77. The fraction of sp³-hybridized carbons (Fsp3) is 0.500. The van der Waals surface area contributed by atoms with Crippen molar-refractivity contribution in [2.75, 3.05) is 0 Å². The third-order valence-corrected chi connectivity index (χ3v) is 1.24. The van der Waals surface area contributed by atoms with E-state index in [1.807, 2.05) is 0 Å². The van der Waals surface area contributed by atoms with Gasteiger partial charge in [-0.05, 0) is 6.42 Å². The molecule has 58 valence electrons. The maximum absolute atomic E-state index is 4.64. The Morgan fingerprint density at radius 3 is 2.60 bits per heavy atom. The summed E-state index contributed by atoms with van der Waals surface area (Å²) in [5.74, 6) is 0. The van der Waals surface area contributed by atoms with Gasteiger partial charge in [-0.25, -0.2) is 0 Å². The standard InChI is InChI=1S/C8H11.ClH.Ir/c1-2-4-6-8-7-5-3-1;;/h1-2,7H,3-6H2;1H;/q-1;;+3/p-1/b2-1-;;. The van der Waals surface area contributed by atoms with E-state index in [0.29, 0.717) is 0 Å². The van der Waals surface area contributed by atoms with Crippen LogP contribution in [-0.4, -0.2) is 0 Å². The van der Waals surface area contributed by atoms with Crippen LogP contribution in [0.5, 0.6) is 0 Å². The SMILES string of the molecule is [C-]1=CCC/C=C\CC1.[Cl][Ir+2]. The molecule has 10 heavy (non-hydrogen) atoms. The molecule has 0 saturated carbocycles. The van der Waals surface area contributed by atoms with E-state index in [1.165, 1.54) is 37.2 Å². The van der Waals surface area contributed by atoms with Crippen molar-refractivity contribution in [2.24, 2.45) is 0 Å². The summed E-state index contributed by atoms with van der Waals surface area (Å²) in [5, 5.41) is 0. The second-order valence-electron chi connectivity index (χ2n) is 2.00. The Balaban J connectivity index is 0.000000371. The summed E-state index contributed by atoms with van der Waals surface area (Å²) in [6.45, 7) is 0. The van der Waals surface area contributed by atoms with E-state index < -0.39 is 0 Å². The summed E-state index contributed by atoms with van der Waals surface area (Å²) in [6.07, 6.45) is 14.5. The van der Waals surface area contributed by atoms with E-state index in [-0.39, 0.29) is 0 Å². The molecule has 0 spiro atoms. The number of hydrogen-bond donors (Lipinski definition) is 0. The summed E-state index contributed by atoms with van der Waals surface area (Å²) in [7, 11) is 4.64. The summed E-state index contributed by atoms with van der Waals surface area (Å²) >= 11 is 1.47. The maximum atomic E-state index is 4.64. The molecular formula is C8H11ClIr+. The zero-order chi connectivity index (χ0) is 7.66. The molecule has 0 amide bonds. The van der Waals surface area contributed by atoms with Crippen LogP contribution in [-0.2, 0) is 17.9 Å². The minimum absolute atomic E-state index is 1.11. The van der Waals surface area contributed by atoms with Crippen molar-refractivity contribution in [2.45, 2.75) is 25.7 Å². The first-order valence-electron chi connectivity index (χ1n) is 3.33. The molecule has 0 aromatic carbocycles. The number of rotatable bonds is 0. The van der Waals surface area contributed by atoms with Gasteiger partial charge in [-0.2, -0.15) is 6.42 Å². The predicted octanol–water partition coefficient (Wildman–Crippen LogP) is 3.16. The average molecular weight is 335 g/mol. The van der Waals surface area contributed by atoms with Gasteiger partial charge in [0.1, 0.15) is 0 Å². The van der Waals surface area contributed by atoms with Crippen LogP contribution in [0.2, 0.25) is 0 Å². The van der Waals surface area contributed by atoms with Gasteiger partial charge in [0.05, 0.1) is 0 Å². The van der Waals surface area contributed by atoms with Crippen LogP contribution in [0, 0.1) is 6.08 Å². The van der Waals surface area contributed by atoms with Gasteiger partial charge in [-0.3, -0.25) is 6.08 Å². The Kier molecular flexibility index (Phi) is 9.81. The molecule has 0 atom stereocenters. The third kappa shape index (κ3) is 6.54. The summed E-state index contributed by atoms with van der Waals surface area (Å²) < 4.78 is 0. The molecule has 0 aliphatic heterocycles. The normalized spacial score (nSPS) is 19.8. The van der Waals surface area contributed by atoms with Crippen LogP contribution in [0.1, 0.15) is 25.7 Å². The molecule has 1 rings (SSSR count). The van der Waals surface area contributed by atoms with Crippen molar-refractivity contribution in [1.29, 1.82) is 0 Å². The number of allylic oxidation sites excluding steroid dienone is 4. The molecule has 1 aliphatic rings. The molecule has 0 bridgehead atoms. The van der Waals surface area contributed by atoms with Gasteiger partial charge in [0.25, 0.3) is 0 Å². The van der Waals surface area contributed by atoms with Gasteiger partial charge < -0.3 is 6.08 Å². The molecule has 0 nitrogen and oxygen atoms in total. The van der Waals surface area contributed by atoms with E-state index in [9.17, 15) is 0 Å². The molecule has 1 aliphatic carbocycles. The molecule has 0 aromatic rings. The van der Waals surface area contributed by atoms with E-state index in [2.05, 4.69) is 33.9 Å². The average Bonchev–Trinajstić information content (AvgIpc) is 1.90. The zero-order valence-corrected chi connectivity index (χ0v) is 8.92. The fourth-order valence-electron chi connectivity index (χ4n) is 0.786. The van der Waals surface area contributed by atoms with Gasteiger partial charge >= 0.3 is 27.5 Å². The van der Waals surface area contributed by atoms with Crippen molar-refractivity contribution in [1.82, 2.24) is 0 Å². The first-order valence-corrected chi connectivity index (χ1v) is 6.29. The first kappa shape index (κ1) is 10.4. The first-order chi connectivity index (χ1) is 5.00. The van der Waals surface area contributed by atoms with Crippen LogP contribution in [0.3, 0.4) is 0 Å². The minimum atomic E-state index is 1.11. The second-order valence-corrected chi connectivity index (χ2v) is 2.00. The number of halogens is 1. The van der Waals surface area contributed by atoms with Crippen molar-refractivity contribution in [3.63, 3.8) is 0 Å². The summed E-state index contributed by atoms with van der Waals surface area (Å²) in [6, 6.07) is 0. The molecule has 0 heterocycles. The third-order valence-electron chi connectivity index (χ3n) is 1.24. The second kappa shape index (κ2) is 9.42. The summed E-state index contributed by atoms with van der Waals surface area (Å²) in [4.78, 5) is 0. The van der Waals surface area contributed by atoms with Crippen molar-refractivity contribution in [3.8, 4) is 0 Å². The van der Waals surface area contributed by atoms with Crippen LogP contribution in [0.15, 0.2) is 18.2 Å². The van der Waals surface area contributed by atoms with Gasteiger partial charge in [0.15, 0.2) is 0 Å².